The fraction of sp³-hybridized carbons (Fsp3) is 0.462. The lowest BCUT2D eigenvalue weighted by Crippen LogP contribution is -2.30. The first-order chi connectivity index (χ1) is 9.08. The van der Waals surface area contributed by atoms with Gasteiger partial charge >= 0.3 is 0 Å². The lowest BCUT2D eigenvalue weighted by Gasteiger charge is -2.18. The molecule has 2 rings (SSSR count). The van der Waals surface area contributed by atoms with Crippen molar-refractivity contribution >= 4 is 5.91 Å². The van der Waals surface area contributed by atoms with Crippen LogP contribution in [0.3, 0.4) is 0 Å². The first-order valence-electron chi connectivity index (χ1n) is 5.95. The van der Waals surface area contributed by atoms with E-state index in [4.69, 9.17) is 9.47 Å². The van der Waals surface area contributed by atoms with Crippen molar-refractivity contribution in [2.75, 3.05) is 27.3 Å². The van der Waals surface area contributed by atoms with Gasteiger partial charge in [-0.25, -0.2) is 0 Å². The van der Waals surface area contributed by atoms with Crippen LogP contribution in [0.5, 0.6) is 11.5 Å². The second-order valence-electron chi connectivity index (χ2n) is 4.39. The molecule has 1 fully saturated rings. The minimum atomic E-state index is -0.902. The average molecular weight is 267 g/mol. The second kappa shape index (κ2) is 5.46. The van der Waals surface area contributed by atoms with Crippen LogP contribution >= 0.6 is 0 Å². The van der Waals surface area contributed by atoms with Crippen molar-refractivity contribution in [2.45, 2.75) is 12.2 Å². The lowest BCUT2D eigenvalue weighted by atomic mass is 10.1. The van der Waals surface area contributed by atoms with Crippen LogP contribution in [0.2, 0.25) is 0 Å². The first-order valence-corrected chi connectivity index (χ1v) is 5.95. The number of para-hydroxylation sites is 1. The van der Waals surface area contributed by atoms with Crippen LogP contribution in [0.25, 0.3) is 0 Å². The smallest absolute Gasteiger partial charge is 0.257 e. The van der Waals surface area contributed by atoms with Gasteiger partial charge in [-0.15, -0.1) is 0 Å². The number of hydrogen-bond donors (Lipinski definition) is 2. The van der Waals surface area contributed by atoms with Gasteiger partial charge in [0.25, 0.3) is 5.91 Å². The number of benzene rings is 1. The third-order valence-corrected chi connectivity index (χ3v) is 3.18. The van der Waals surface area contributed by atoms with E-state index in [1.807, 2.05) is 0 Å². The fourth-order valence-corrected chi connectivity index (χ4v) is 2.16. The van der Waals surface area contributed by atoms with E-state index in [2.05, 4.69) is 0 Å². The quantitative estimate of drug-likeness (QED) is 0.798. The zero-order valence-electron chi connectivity index (χ0n) is 10.9. The molecule has 0 unspecified atom stereocenters. The molecule has 6 nitrogen and oxygen atoms in total. The molecule has 104 valence electrons. The lowest BCUT2D eigenvalue weighted by molar-refractivity contribution is 0.0572. The van der Waals surface area contributed by atoms with Crippen molar-refractivity contribution in [2.24, 2.45) is 0 Å². The number of amides is 1. The van der Waals surface area contributed by atoms with Gasteiger partial charge in [0.05, 0.1) is 32.0 Å². The molecule has 2 atom stereocenters. The van der Waals surface area contributed by atoms with Gasteiger partial charge in [-0.05, 0) is 12.1 Å². The standard InChI is InChI=1S/C13H17NO5/c1-18-11-5-3-4-8(12(11)19-2)13(17)14-6-9(15)10(16)7-14/h3-5,9-10,15-16H,6-7H2,1-2H3/t9-,10+. The topological polar surface area (TPSA) is 79.2 Å². The van der Waals surface area contributed by atoms with Crippen molar-refractivity contribution in [1.29, 1.82) is 0 Å². The zero-order valence-corrected chi connectivity index (χ0v) is 10.9. The number of rotatable bonds is 3. The van der Waals surface area contributed by atoms with Gasteiger partial charge < -0.3 is 24.6 Å². The molecule has 0 radical (unpaired) electrons. The van der Waals surface area contributed by atoms with E-state index in [0.29, 0.717) is 17.1 Å². The van der Waals surface area contributed by atoms with E-state index in [0.717, 1.165) is 0 Å². The number of β-amino-alcohol motifs (C(OH)–C–C–N with tert-alkyl or cyclic N) is 2. The highest BCUT2D eigenvalue weighted by Gasteiger charge is 2.34. The number of hydrogen-bond acceptors (Lipinski definition) is 5. The Labute approximate surface area is 111 Å². The molecule has 1 heterocycles. The van der Waals surface area contributed by atoms with Crippen molar-refractivity contribution < 1.29 is 24.5 Å². The van der Waals surface area contributed by atoms with Crippen molar-refractivity contribution in [3.63, 3.8) is 0 Å². The molecule has 0 aromatic heterocycles. The van der Waals surface area contributed by atoms with E-state index in [-0.39, 0.29) is 19.0 Å². The van der Waals surface area contributed by atoms with Crippen LogP contribution in [0, 0.1) is 0 Å². The zero-order chi connectivity index (χ0) is 14.0. The monoisotopic (exact) mass is 267 g/mol. The Kier molecular flexibility index (Phi) is 3.92. The molecule has 0 bridgehead atoms. The Hall–Kier alpha value is -1.79. The summed E-state index contributed by atoms with van der Waals surface area (Å²) in [6, 6.07) is 5.02. The maximum absolute atomic E-state index is 12.4. The summed E-state index contributed by atoms with van der Waals surface area (Å²) in [6.45, 7) is 0.223. The number of aliphatic hydroxyl groups is 2. The van der Waals surface area contributed by atoms with Gasteiger partial charge in [0.1, 0.15) is 0 Å². The van der Waals surface area contributed by atoms with Crippen LogP contribution in [-0.4, -0.2) is 60.5 Å². The fourth-order valence-electron chi connectivity index (χ4n) is 2.16. The maximum atomic E-state index is 12.4. The molecule has 1 saturated heterocycles. The molecular formula is C13H17NO5. The summed E-state index contributed by atoms with van der Waals surface area (Å²) in [7, 11) is 2.96. The molecule has 1 aromatic rings. The van der Waals surface area contributed by atoms with Gasteiger partial charge in [0, 0.05) is 13.1 Å². The van der Waals surface area contributed by atoms with Crippen molar-refractivity contribution in [3.05, 3.63) is 23.8 Å². The van der Waals surface area contributed by atoms with E-state index in [1.54, 1.807) is 18.2 Å². The normalized spacial score (nSPS) is 22.4. The maximum Gasteiger partial charge on any atom is 0.257 e. The van der Waals surface area contributed by atoms with E-state index < -0.39 is 12.2 Å². The SMILES string of the molecule is COc1cccc(C(=O)N2C[C@@H](O)[C@@H](O)C2)c1OC. The molecule has 1 aliphatic rings. The van der Waals surface area contributed by atoms with Gasteiger partial charge in [-0.3, -0.25) is 4.79 Å². The molecule has 1 aliphatic heterocycles. The number of likely N-dealkylation sites (tertiary alicyclic amines) is 1. The predicted molar refractivity (Wildman–Crippen MR) is 67.5 cm³/mol. The summed E-state index contributed by atoms with van der Waals surface area (Å²) in [6.07, 6.45) is -1.80. The summed E-state index contributed by atoms with van der Waals surface area (Å²) in [5, 5.41) is 19.0. The Morgan fingerprint density at radius 2 is 1.84 bits per heavy atom. The van der Waals surface area contributed by atoms with Crippen LogP contribution in [-0.2, 0) is 0 Å². The third kappa shape index (κ3) is 2.50. The molecule has 19 heavy (non-hydrogen) atoms. The Balaban J connectivity index is 2.29. The third-order valence-electron chi connectivity index (χ3n) is 3.18. The highest BCUT2D eigenvalue weighted by Crippen LogP contribution is 2.32. The van der Waals surface area contributed by atoms with E-state index >= 15 is 0 Å². The Morgan fingerprint density at radius 3 is 2.37 bits per heavy atom. The van der Waals surface area contributed by atoms with Crippen LogP contribution in [0.4, 0.5) is 0 Å². The molecule has 0 aliphatic carbocycles. The predicted octanol–water partition coefficient (Wildman–Crippen LogP) is -0.119. The van der Waals surface area contributed by atoms with Gasteiger partial charge in [-0.2, -0.15) is 0 Å². The van der Waals surface area contributed by atoms with Crippen LogP contribution in [0.1, 0.15) is 10.4 Å². The average Bonchev–Trinajstić information content (AvgIpc) is 2.76. The Bertz CT molecular complexity index is 466. The van der Waals surface area contributed by atoms with Gasteiger partial charge in [0.2, 0.25) is 0 Å². The summed E-state index contributed by atoms with van der Waals surface area (Å²) in [5.41, 5.74) is 0.350. The number of carbonyl (C=O) groups excluding carboxylic acids is 1. The largest absolute Gasteiger partial charge is 0.493 e. The van der Waals surface area contributed by atoms with Gasteiger partial charge in [0.15, 0.2) is 11.5 Å². The molecule has 1 aromatic carbocycles. The number of nitrogens with zero attached hydrogens (tertiary/aromatic N) is 1. The number of carbonyl (C=O) groups is 1. The van der Waals surface area contributed by atoms with Crippen LogP contribution in [0.15, 0.2) is 18.2 Å². The van der Waals surface area contributed by atoms with Crippen molar-refractivity contribution in [3.8, 4) is 11.5 Å². The molecule has 0 spiro atoms. The first kappa shape index (κ1) is 13.6. The van der Waals surface area contributed by atoms with Gasteiger partial charge in [-0.1, -0.05) is 6.07 Å². The highest BCUT2D eigenvalue weighted by molar-refractivity contribution is 5.98. The summed E-state index contributed by atoms with van der Waals surface area (Å²) in [4.78, 5) is 13.7. The second-order valence-corrected chi connectivity index (χ2v) is 4.39. The number of ether oxygens (including phenoxy) is 2. The minimum Gasteiger partial charge on any atom is -0.493 e. The highest BCUT2D eigenvalue weighted by atomic mass is 16.5. The summed E-state index contributed by atoms with van der Waals surface area (Å²) >= 11 is 0. The van der Waals surface area contributed by atoms with E-state index in [1.165, 1.54) is 19.1 Å². The molecule has 1 amide bonds. The van der Waals surface area contributed by atoms with Crippen LogP contribution < -0.4 is 9.47 Å². The molecule has 0 saturated carbocycles. The van der Waals surface area contributed by atoms with E-state index in [9.17, 15) is 15.0 Å². The Morgan fingerprint density at radius 1 is 1.21 bits per heavy atom. The van der Waals surface area contributed by atoms with Crippen molar-refractivity contribution in [1.82, 2.24) is 4.90 Å². The molecule has 2 N–H and O–H groups in total. The molecular weight excluding hydrogens is 250 g/mol. The number of methoxy groups -OCH3 is 2. The number of aliphatic hydroxyl groups excluding tert-OH is 2. The summed E-state index contributed by atoms with van der Waals surface area (Å²) < 4.78 is 10.3. The molecule has 6 heteroatoms. The minimum absolute atomic E-state index is 0.111. The summed E-state index contributed by atoms with van der Waals surface area (Å²) in [5.74, 6) is 0.519.